The van der Waals surface area contributed by atoms with Crippen molar-refractivity contribution >= 4 is 0 Å². The van der Waals surface area contributed by atoms with Gasteiger partial charge in [0.2, 0.25) is 6.10 Å². The van der Waals surface area contributed by atoms with E-state index in [-0.39, 0.29) is 19.4 Å². The Balaban J connectivity index is 4.33. The zero-order valence-corrected chi connectivity index (χ0v) is 11.9. The predicted molar refractivity (Wildman–Crippen MR) is 64.9 cm³/mol. The van der Waals surface area contributed by atoms with Gasteiger partial charge in [0.15, 0.2) is 0 Å². The Hall–Kier alpha value is -0.540. The molecule has 0 rings (SSSR count). The molecular weight excluding hydrogens is 304 g/mol. The number of aliphatic hydroxyl groups excluding tert-OH is 1. The highest BCUT2D eigenvalue weighted by molar-refractivity contribution is 4.82. The Morgan fingerprint density at radius 2 is 1.62 bits per heavy atom. The molecule has 3 nitrogen and oxygen atoms in total. The van der Waals surface area contributed by atoms with Crippen LogP contribution in [0.3, 0.4) is 0 Å². The van der Waals surface area contributed by atoms with Gasteiger partial charge < -0.3 is 15.2 Å². The molecule has 0 aliphatic heterocycles. The third-order valence-electron chi connectivity index (χ3n) is 2.90. The summed E-state index contributed by atoms with van der Waals surface area (Å²) in [6.45, 7) is 3.17. The molecule has 0 aromatic rings. The molecule has 21 heavy (non-hydrogen) atoms. The van der Waals surface area contributed by atoms with Crippen molar-refractivity contribution in [2.24, 2.45) is 0 Å². The fourth-order valence-electron chi connectivity index (χ4n) is 1.69. The number of hydrogen-bond donors (Lipinski definition) is 2. The summed E-state index contributed by atoms with van der Waals surface area (Å²) in [5.74, 6) is 0. The largest absolute Gasteiger partial charge is 0.423 e. The summed E-state index contributed by atoms with van der Waals surface area (Å²) in [7, 11) is 0. The lowest BCUT2D eigenvalue weighted by Crippen LogP contribution is -2.47. The van der Waals surface area contributed by atoms with Gasteiger partial charge in [-0.3, -0.25) is 0 Å². The maximum absolute atomic E-state index is 12.2. The average Bonchev–Trinajstić information content (AvgIpc) is 2.33. The minimum Gasteiger partial charge on any atom is -0.394 e. The second kappa shape index (κ2) is 8.19. The van der Waals surface area contributed by atoms with E-state index in [9.17, 15) is 31.4 Å². The first-order valence-electron chi connectivity index (χ1n) is 6.57. The Labute approximate surface area is 119 Å². The molecule has 9 heteroatoms. The molecule has 1 atom stereocenters. The van der Waals surface area contributed by atoms with E-state index in [0.29, 0.717) is 6.54 Å². The number of rotatable bonds is 9. The minimum atomic E-state index is -5.49. The van der Waals surface area contributed by atoms with Gasteiger partial charge in [-0.05, 0) is 32.7 Å². The maximum atomic E-state index is 12.2. The van der Waals surface area contributed by atoms with Crippen LogP contribution in [0.25, 0.3) is 0 Å². The van der Waals surface area contributed by atoms with E-state index in [2.05, 4.69) is 10.1 Å². The van der Waals surface area contributed by atoms with Gasteiger partial charge >= 0.3 is 12.4 Å². The van der Waals surface area contributed by atoms with Crippen molar-refractivity contribution in [3.05, 3.63) is 0 Å². The first kappa shape index (κ1) is 20.5. The first-order chi connectivity index (χ1) is 9.46. The van der Waals surface area contributed by atoms with Gasteiger partial charge in [0.25, 0.3) is 0 Å². The van der Waals surface area contributed by atoms with Crippen molar-refractivity contribution in [1.82, 2.24) is 5.32 Å². The zero-order chi connectivity index (χ0) is 16.7. The van der Waals surface area contributed by atoms with Crippen molar-refractivity contribution < 1.29 is 36.2 Å². The number of halogens is 6. The molecule has 0 aliphatic rings. The van der Waals surface area contributed by atoms with Crippen molar-refractivity contribution in [2.75, 3.05) is 19.8 Å². The minimum absolute atomic E-state index is 0.0313. The molecule has 1 unspecified atom stereocenters. The van der Waals surface area contributed by atoms with Gasteiger partial charge in [-0.2, -0.15) is 26.3 Å². The number of aliphatic hydroxyl groups is 1. The van der Waals surface area contributed by atoms with Crippen molar-refractivity contribution in [3.8, 4) is 0 Å². The second-order valence-corrected chi connectivity index (χ2v) is 5.08. The summed E-state index contributed by atoms with van der Waals surface area (Å²) in [6, 6.07) is 0. The summed E-state index contributed by atoms with van der Waals surface area (Å²) in [4.78, 5) is 0. The highest BCUT2D eigenvalue weighted by atomic mass is 19.4. The second-order valence-electron chi connectivity index (χ2n) is 5.08. The monoisotopic (exact) mass is 325 g/mol. The summed E-state index contributed by atoms with van der Waals surface area (Å²) >= 11 is 0. The summed E-state index contributed by atoms with van der Waals surface area (Å²) < 4.78 is 77.2. The molecule has 0 aromatic heterocycles. The van der Waals surface area contributed by atoms with E-state index in [1.54, 1.807) is 6.92 Å². The Morgan fingerprint density at radius 1 is 1.10 bits per heavy atom. The van der Waals surface area contributed by atoms with E-state index < -0.39 is 30.6 Å². The number of alkyl halides is 6. The summed E-state index contributed by atoms with van der Waals surface area (Å²) in [5.41, 5.74) is -0.745. The molecular formula is C12H21F6NO2. The topological polar surface area (TPSA) is 41.5 Å². The average molecular weight is 325 g/mol. The number of ether oxygens (including phenoxy) is 1. The van der Waals surface area contributed by atoms with Gasteiger partial charge in [0.05, 0.1) is 6.61 Å². The van der Waals surface area contributed by atoms with Crippen LogP contribution in [0.2, 0.25) is 0 Å². The fourth-order valence-corrected chi connectivity index (χ4v) is 1.69. The Morgan fingerprint density at radius 3 is 2.00 bits per heavy atom. The van der Waals surface area contributed by atoms with Crippen LogP contribution in [0.15, 0.2) is 0 Å². The third-order valence-corrected chi connectivity index (χ3v) is 2.90. The van der Waals surface area contributed by atoms with Gasteiger partial charge in [-0.1, -0.05) is 6.92 Å². The molecule has 0 radical (unpaired) electrons. The molecule has 0 saturated carbocycles. The number of nitrogens with one attached hydrogen (secondary N) is 1. The molecule has 0 spiro atoms. The normalized spacial score (nSPS) is 16.3. The first-order valence-corrected chi connectivity index (χ1v) is 6.57. The SMILES string of the molecule is CCCNC(C)(CO)CCCOC(C(F)(F)F)C(F)(F)F. The highest BCUT2D eigenvalue weighted by Gasteiger charge is 2.57. The smallest absolute Gasteiger partial charge is 0.394 e. The molecule has 0 amide bonds. The quantitative estimate of drug-likeness (QED) is 0.506. The predicted octanol–water partition coefficient (Wildman–Crippen LogP) is 3.03. The fraction of sp³-hybridized carbons (Fsp3) is 1.00. The lowest BCUT2D eigenvalue weighted by Gasteiger charge is -2.29. The van der Waals surface area contributed by atoms with Crippen LogP contribution in [-0.4, -0.2) is 48.9 Å². The van der Waals surface area contributed by atoms with Crippen molar-refractivity contribution in [1.29, 1.82) is 0 Å². The molecule has 0 aromatic carbocycles. The van der Waals surface area contributed by atoms with E-state index in [4.69, 9.17) is 0 Å². The molecule has 2 N–H and O–H groups in total. The molecule has 0 heterocycles. The highest BCUT2D eigenvalue weighted by Crippen LogP contribution is 2.35. The third kappa shape index (κ3) is 7.87. The van der Waals surface area contributed by atoms with Crippen molar-refractivity contribution in [3.63, 3.8) is 0 Å². The van der Waals surface area contributed by atoms with E-state index in [0.717, 1.165) is 6.42 Å². The Bertz CT molecular complexity index is 280. The van der Waals surface area contributed by atoms with Crippen LogP contribution in [0.4, 0.5) is 26.3 Å². The van der Waals surface area contributed by atoms with E-state index >= 15 is 0 Å². The maximum Gasteiger partial charge on any atom is 0.423 e. The van der Waals surface area contributed by atoms with Crippen LogP contribution >= 0.6 is 0 Å². The molecule has 128 valence electrons. The van der Waals surface area contributed by atoms with Crippen LogP contribution in [0.5, 0.6) is 0 Å². The lowest BCUT2D eigenvalue weighted by molar-refractivity contribution is -0.321. The molecule has 0 aliphatic carbocycles. The molecule has 0 bridgehead atoms. The Kier molecular flexibility index (Phi) is 7.98. The van der Waals surface area contributed by atoms with Gasteiger partial charge in [0, 0.05) is 12.1 Å². The molecule has 0 fully saturated rings. The van der Waals surface area contributed by atoms with Crippen LogP contribution in [-0.2, 0) is 4.74 Å². The van der Waals surface area contributed by atoms with Gasteiger partial charge in [-0.15, -0.1) is 0 Å². The van der Waals surface area contributed by atoms with Crippen molar-refractivity contribution in [2.45, 2.75) is 57.1 Å². The van der Waals surface area contributed by atoms with Gasteiger partial charge in [-0.25, -0.2) is 0 Å². The van der Waals surface area contributed by atoms with E-state index in [1.165, 1.54) is 0 Å². The van der Waals surface area contributed by atoms with Crippen LogP contribution in [0.1, 0.15) is 33.1 Å². The summed E-state index contributed by atoms with van der Waals surface area (Å²) in [6.07, 6.45) is -13.8. The van der Waals surface area contributed by atoms with Crippen LogP contribution in [0, 0.1) is 0 Å². The van der Waals surface area contributed by atoms with E-state index in [1.807, 2.05) is 6.92 Å². The van der Waals surface area contributed by atoms with Gasteiger partial charge in [0.1, 0.15) is 0 Å². The standard InChI is InChI=1S/C12H21F6NO2/c1-3-6-19-10(2,8-20)5-4-7-21-9(11(13,14)15)12(16,17)18/h9,19-20H,3-8H2,1-2H3. The molecule has 0 saturated heterocycles. The summed E-state index contributed by atoms with van der Waals surface area (Å²) in [5, 5.41) is 12.2. The van der Waals surface area contributed by atoms with Crippen LogP contribution < -0.4 is 5.32 Å². The lowest BCUT2D eigenvalue weighted by atomic mass is 9.97. The zero-order valence-electron chi connectivity index (χ0n) is 11.9. The number of hydrogen-bond acceptors (Lipinski definition) is 3.